The third kappa shape index (κ3) is 4.28. The Labute approximate surface area is 99.7 Å². The number of hydrogen-bond acceptors (Lipinski definition) is 3. The van der Waals surface area contributed by atoms with Gasteiger partial charge in [-0.25, -0.2) is 8.78 Å². The lowest BCUT2D eigenvalue weighted by molar-refractivity contribution is 0.0176. The first-order valence-electron chi connectivity index (χ1n) is 5.58. The van der Waals surface area contributed by atoms with Crippen molar-refractivity contribution in [3.8, 4) is 5.75 Å². The van der Waals surface area contributed by atoms with Crippen molar-refractivity contribution >= 4 is 0 Å². The molecular formula is C12H17F2NO2. The first kappa shape index (κ1) is 13.9. The molecule has 1 aromatic carbocycles. The molecule has 0 unspecified atom stereocenters. The molecule has 1 N–H and O–H groups in total. The highest BCUT2D eigenvalue weighted by atomic mass is 19.1. The minimum atomic E-state index is -0.711. The molecule has 0 heterocycles. The Bertz CT molecular complexity index is 335. The molecule has 3 nitrogen and oxygen atoms in total. The Hall–Kier alpha value is -1.20. The van der Waals surface area contributed by atoms with Crippen LogP contribution in [0.5, 0.6) is 5.75 Å². The first-order valence-corrected chi connectivity index (χ1v) is 5.58. The summed E-state index contributed by atoms with van der Waals surface area (Å²) in [5.74, 6) is -1.81. The number of nitrogens with one attached hydrogen (secondary N) is 1. The van der Waals surface area contributed by atoms with Crippen molar-refractivity contribution in [3.63, 3.8) is 0 Å². The Balaban J connectivity index is 2.72. The summed E-state index contributed by atoms with van der Waals surface area (Å²) in [7, 11) is 0. The quantitative estimate of drug-likeness (QED) is 0.591. The zero-order valence-electron chi connectivity index (χ0n) is 10.1. The van der Waals surface area contributed by atoms with E-state index in [4.69, 9.17) is 9.47 Å². The van der Waals surface area contributed by atoms with Gasteiger partial charge < -0.3 is 14.8 Å². The van der Waals surface area contributed by atoms with Crippen LogP contribution < -0.4 is 10.1 Å². The van der Waals surface area contributed by atoms with E-state index in [1.165, 1.54) is 12.1 Å². The molecule has 0 saturated carbocycles. The molecule has 0 amide bonds. The highest BCUT2D eigenvalue weighted by Crippen LogP contribution is 2.23. The van der Waals surface area contributed by atoms with E-state index in [2.05, 4.69) is 5.32 Å². The molecule has 0 radical (unpaired) electrons. The predicted octanol–water partition coefficient (Wildman–Crippen LogP) is 2.45. The van der Waals surface area contributed by atoms with E-state index >= 15 is 0 Å². The van der Waals surface area contributed by atoms with Crippen LogP contribution in [0.3, 0.4) is 0 Å². The molecule has 0 aliphatic carbocycles. The van der Waals surface area contributed by atoms with E-state index in [-0.39, 0.29) is 6.79 Å². The molecule has 0 spiro atoms. The van der Waals surface area contributed by atoms with E-state index in [1.807, 2.05) is 6.92 Å². The van der Waals surface area contributed by atoms with Crippen molar-refractivity contribution in [1.82, 2.24) is 5.32 Å². The average Bonchev–Trinajstić information content (AvgIpc) is 2.30. The third-order valence-electron chi connectivity index (χ3n) is 2.13. The molecule has 0 saturated heterocycles. The molecular weight excluding hydrogens is 228 g/mol. The van der Waals surface area contributed by atoms with E-state index in [0.29, 0.717) is 18.7 Å². The van der Waals surface area contributed by atoms with Crippen molar-refractivity contribution in [1.29, 1.82) is 0 Å². The van der Waals surface area contributed by atoms with Gasteiger partial charge in [0.1, 0.15) is 0 Å². The van der Waals surface area contributed by atoms with E-state index in [1.54, 1.807) is 6.92 Å². The number of benzene rings is 1. The fourth-order valence-corrected chi connectivity index (χ4v) is 1.31. The maximum atomic E-state index is 13.5. The van der Waals surface area contributed by atoms with Crippen LogP contribution >= 0.6 is 0 Å². The normalized spacial score (nSPS) is 10.6. The Kier molecular flexibility index (Phi) is 5.86. The second kappa shape index (κ2) is 7.19. The van der Waals surface area contributed by atoms with Gasteiger partial charge in [0.2, 0.25) is 0 Å². The van der Waals surface area contributed by atoms with Gasteiger partial charge in [-0.2, -0.15) is 0 Å². The van der Waals surface area contributed by atoms with Crippen molar-refractivity contribution in [2.75, 3.05) is 19.9 Å². The Morgan fingerprint density at radius 1 is 1.18 bits per heavy atom. The fourth-order valence-electron chi connectivity index (χ4n) is 1.31. The highest BCUT2D eigenvalue weighted by molar-refractivity contribution is 5.31. The Morgan fingerprint density at radius 2 is 1.82 bits per heavy atom. The van der Waals surface area contributed by atoms with Crippen LogP contribution in [-0.2, 0) is 11.3 Å². The third-order valence-corrected chi connectivity index (χ3v) is 2.13. The molecule has 5 heteroatoms. The molecule has 0 bridgehead atoms. The molecule has 0 aliphatic heterocycles. The monoisotopic (exact) mass is 245 g/mol. The smallest absolute Gasteiger partial charge is 0.193 e. The maximum absolute atomic E-state index is 13.5. The fraction of sp³-hybridized carbons (Fsp3) is 0.500. The first-order chi connectivity index (χ1) is 8.19. The largest absolute Gasteiger partial charge is 0.461 e. The van der Waals surface area contributed by atoms with Crippen LogP contribution in [-0.4, -0.2) is 19.9 Å². The van der Waals surface area contributed by atoms with Crippen molar-refractivity contribution in [3.05, 3.63) is 29.3 Å². The van der Waals surface area contributed by atoms with Gasteiger partial charge in [0, 0.05) is 13.2 Å². The molecule has 0 atom stereocenters. The summed E-state index contributed by atoms with van der Waals surface area (Å²) in [6, 6.07) is 2.51. The minimum absolute atomic E-state index is 0.156. The van der Waals surface area contributed by atoms with Crippen LogP contribution in [0.4, 0.5) is 8.78 Å². The van der Waals surface area contributed by atoms with E-state index in [9.17, 15) is 8.78 Å². The molecule has 0 aliphatic rings. The number of halogens is 2. The summed E-state index contributed by atoms with van der Waals surface area (Å²) in [5, 5.41) is 2.99. The zero-order valence-corrected chi connectivity index (χ0v) is 10.1. The van der Waals surface area contributed by atoms with Crippen molar-refractivity contribution in [2.45, 2.75) is 20.4 Å². The molecule has 17 heavy (non-hydrogen) atoms. The highest BCUT2D eigenvalue weighted by Gasteiger charge is 2.12. The molecule has 96 valence electrons. The lowest BCUT2D eigenvalue weighted by atomic mass is 10.2. The van der Waals surface area contributed by atoms with Crippen LogP contribution in [0.15, 0.2) is 12.1 Å². The summed E-state index contributed by atoms with van der Waals surface area (Å²) >= 11 is 0. The molecule has 1 rings (SSSR count). The van der Waals surface area contributed by atoms with E-state index in [0.717, 1.165) is 6.54 Å². The van der Waals surface area contributed by atoms with Gasteiger partial charge in [0.15, 0.2) is 24.2 Å². The molecule has 0 aromatic heterocycles. The lowest BCUT2D eigenvalue weighted by Gasteiger charge is -2.10. The summed E-state index contributed by atoms with van der Waals surface area (Å²) in [4.78, 5) is 0. The zero-order chi connectivity index (χ0) is 12.7. The topological polar surface area (TPSA) is 30.5 Å². The standard InChI is InChI=1S/C12H17F2NO2/c1-3-15-7-9-5-10(13)12(11(14)6-9)17-8-16-4-2/h5-6,15H,3-4,7-8H2,1-2H3. The molecule has 0 fully saturated rings. The van der Waals surface area contributed by atoms with Gasteiger partial charge in [-0.15, -0.1) is 0 Å². The second-order valence-electron chi connectivity index (χ2n) is 3.42. The van der Waals surface area contributed by atoms with Gasteiger partial charge in [-0.3, -0.25) is 0 Å². The van der Waals surface area contributed by atoms with Gasteiger partial charge in [-0.05, 0) is 31.2 Å². The SMILES string of the molecule is CCNCc1cc(F)c(OCOCC)c(F)c1. The number of hydrogen-bond donors (Lipinski definition) is 1. The van der Waals surface area contributed by atoms with Crippen molar-refractivity contribution in [2.24, 2.45) is 0 Å². The summed E-state index contributed by atoms with van der Waals surface area (Å²) < 4.78 is 36.8. The molecule has 1 aromatic rings. The summed E-state index contributed by atoms with van der Waals surface area (Å²) in [5.41, 5.74) is 0.547. The maximum Gasteiger partial charge on any atom is 0.193 e. The van der Waals surface area contributed by atoms with E-state index < -0.39 is 17.4 Å². The summed E-state index contributed by atoms with van der Waals surface area (Å²) in [6.45, 7) is 5.14. The summed E-state index contributed by atoms with van der Waals surface area (Å²) in [6.07, 6.45) is 0. The minimum Gasteiger partial charge on any atom is -0.461 e. The predicted molar refractivity (Wildman–Crippen MR) is 60.9 cm³/mol. The van der Waals surface area contributed by atoms with Crippen LogP contribution in [0.2, 0.25) is 0 Å². The average molecular weight is 245 g/mol. The van der Waals surface area contributed by atoms with Gasteiger partial charge in [-0.1, -0.05) is 6.92 Å². The van der Waals surface area contributed by atoms with Gasteiger partial charge in [0.05, 0.1) is 0 Å². The number of rotatable bonds is 7. The van der Waals surface area contributed by atoms with Crippen molar-refractivity contribution < 1.29 is 18.3 Å². The number of ether oxygens (including phenoxy) is 2. The van der Waals surface area contributed by atoms with Crippen LogP contribution in [0.1, 0.15) is 19.4 Å². The Morgan fingerprint density at radius 3 is 2.35 bits per heavy atom. The van der Waals surface area contributed by atoms with Gasteiger partial charge in [0.25, 0.3) is 0 Å². The second-order valence-corrected chi connectivity index (χ2v) is 3.42. The van der Waals surface area contributed by atoms with Crippen LogP contribution in [0.25, 0.3) is 0 Å². The lowest BCUT2D eigenvalue weighted by Crippen LogP contribution is -2.13. The van der Waals surface area contributed by atoms with Crippen LogP contribution in [0, 0.1) is 11.6 Å². The van der Waals surface area contributed by atoms with Gasteiger partial charge >= 0.3 is 0 Å².